The summed E-state index contributed by atoms with van der Waals surface area (Å²) in [6.07, 6.45) is -4.72. The number of carbonyl (C=O) groups is 2. The molecule has 1 rings (SSSR count). The summed E-state index contributed by atoms with van der Waals surface area (Å²) < 4.78 is 43.5. The predicted octanol–water partition coefficient (Wildman–Crippen LogP) is 2.90. The van der Waals surface area contributed by atoms with Crippen LogP contribution in [0.5, 0.6) is 0 Å². The molecule has 0 saturated carbocycles. The van der Waals surface area contributed by atoms with E-state index in [-0.39, 0.29) is 26.1 Å². The lowest BCUT2D eigenvalue weighted by atomic mass is 10.0. The van der Waals surface area contributed by atoms with Crippen LogP contribution in [0.15, 0.2) is 24.3 Å². The first-order valence-corrected chi connectivity index (χ1v) is 7.59. The minimum Gasteiger partial charge on any atom is -0.481 e. The number of ether oxygens (including phenoxy) is 1. The van der Waals surface area contributed by atoms with Crippen LogP contribution in [0.3, 0.4) is 0 Å². The summed E-state index contributed by atoms with van der Waals surface area (Å²) in [6.45, 7) is 1.86. The molecule has 9 heteroatoms. The van der Waals surface area contributed by atoms with Gasteiger partial charge in [-0.05, 0) is 24.6 Å². The molecule has 1 aromatic rings. The Labute approximate surface area is 143 Å². The zero-order valence-corrected chi connectivity index (χ0v) is 14.0. The third kappa shape index (κ3) is 6.61. The monoisotopic (exact) mass is 362 g/mol. The highest BCUT2D eigenvalue weighted by molar-refractivity contribution is 5.75. The molecule has 0 saturated heterocycles. The first-order chi connectivity index (χ1) is 11.7. The Balaban J connectivity index is 2.94. The number of carboxylic acid groups (broad SMARTS) is 1. The van der Waals surface area contributed by atoms with Crippen molar-refractivity contribution in [1.29, 1.82) is 0 Å². The molecule has 140 valence electrons. The molecule has 0 aliphatic carbocycles. The van der Waals surface area contributed by atoms with Crippen molar-refractivity contribution >= 4 is 12.0 Å². The highest BCUT2D eigenvalue weighted by Crippen LogP contribution is 2.31. The zero-order chi connectivity index (χ0) is 19.0. The van der Waals surface area contributed by atoms with Crippen molar-refractivity contribution in [1.82, 2.24) is 10.2 Å². The molecule has 0 fully saturated rings. The smallest absolute Gasteiger partial charge is 0.416 e. The SMILES string of the molecule is COCCN(C(=O)NCCC(=O)O)C(C)c1cccc(C(F)(F)F)c1. The van der Waals surface area contributed by atoms with Crippen LogP contribution < -0.4 is 5.32 Å². The summed E-state index contributed by atoms with van der Waals surface area (Å²) in [6, 6.07) is 3.53. The summed E-state index contributed by atoms with van der Waals surface area (Å²) in [5, 5.41) is 11.1. The Bertz CT molecular complexity index is 593. The van der Waals surface area contributed by atoms with E-state index in [1.165, 1.54) is 24.1 Å². The summed E-state index contributed by atoms with van der Waals surface area (Å²) in [4.78, 5) is 24.1. The second-order valence-corrected chi connectivity index (χ2v) is 5.36. The molecule has 2 N–H and O–H groups in total. The molecule has 1 unspecified atom stereocenters. The van der Waals surface area contributed by atoms with Crippen LogP contribution in [0.25, 0.3) is 0 Å². The van der Waals surface area contributed by atoms with E-state index in [9.17, 15) is 22.8 Å². The van der Waals surface area contributed by atoms with Gasteiger partial charge in [-0.3, -0.25) is 4.79 Å². The van der Waals surface area contributed by atoms with Gasteiger partial charge in [-0.15, -0.1) is 0 Å². The second kappa shape index (κ2) is 9.26. The van der Waals surface area contributed by atoms with Crippen LogP contribution in [-0.2, 0) is 15.7 Å². The van der Waals surface area contributed by atoms with Crippen LogP contribution in [0.4, 0.5) is 18.0 Å². The predicted molar refractivity (Wildman–Crippen MR) is 84.1 cm³/mol. The number of alkyl halides is 3. The number of hydrogen-bond donors (Lipinski definition) is 2. The maximum Gasteiger partial charge on any atom is 0.416 e. The fraction of sp³-hybridized carbons (Fsp3) is 0.500. The molecule has 0 aromatic heterocycles. The molecule has 6 nitrogen and oxygen atoms in total. The molecule has 1 atom stereocenters. The summed E-state index contributed by atoms with van der Waals surface area (Å²) in [7, 11) is 1.44. The molecule has 0 aliphatic rings. The standard InChI is InChI=1S/C16H21F3N2O4/c1-11(12-4-3-5-13(10-12)16(17,18)19)21(8-9-25-2)15(24)20-7-6-14(22)23/h3-5,10-11H,6-9H2,1-2H3,(H,20,24)(H,22,23). The zero-order valence-electron chi connectivity index (χ0n) is 14.0. The van der Waals surface area contributed by atoms with E-state index >= 15 is 0 Å². The molecule has 0 spiro atoms. The van der Waals surface area contributed by atoms with Gasteiger partial charge in [0.05, 0.1) is 24.6 Å². The quantitative estimate of drug-likeness (QED) is 0.745. The Morgan fingerprint density at radius 3 is 2.60 bits per heavy atom. The van der Waals surface area contributed by atoms with E-state index in [0.717, 1.165) is 12.1 Å². The molecule has 2 amide bonds. The van der Waals surface area contributed by atoms with Gasteiger partial charge in [0.25, 0.3) is 0 Å². The van der Waals surface area contributed by atoms with E-state index in [1.807, 2.05) is 0 Å². The van der Waals surface area contributed by atoms with Crippen molar-refractivity contribution in [3.63, 3.8) is 0 Å². The van der Waals surface area contributed by atoms with E-state index < -0.39 is 29.8 Å². The van der Waals surface area contributed by atoms with Gasteiger partial charge in [0.15, 0.2) is 0 Å². The number of rotatable bonds is 8. The molecule has 0 heterocycles. The van der Waals surface area contributed by atoms with E-state index in [0.29, 0.717) is 5.56 Å². The third-order valence-electron chi connectivity index (χ3n) is 3.58. The number of nitrogens with zero attached hydrogens (tertiary/aromatic N) is 1. The Morgan fingerprint density at radius 2 is 2.04 bits per heavy atom. The Hall–Kier alpha value is -2.29. The summed E-state index contributed by atoms with van der Waals surface area (Å²) in [5.41, 5.74) is -0.478. The highest BCUT2D eigenvalue weighted by Gasteiger charge is 2.31. The number of hydrogen-bond acceptors (Lipinski definition) is 3. The van der Waals surface area contributed by atoms with Gasteiger partial charge in [0.1, 0.15) is 0 Å². The van der Waals surface area contributed by atoms with Crippen molar-refractivity contribution < 1.29 is 32.6 Å². The number of aliphatic carboxylic acids is 1. The van der Waals surface area contributed by atoms with Gasteiger partial charge in [0.2, 0.25) is 0 Å². The topological polar surface area (TPSA) is 78.9 Å². The second-order valence-electron chi connectivity index (χ2n) is 5.36. The van der Waals surface area contributed by atoms with Gasteiger partial charge in [-0.25, -0.2) is 4.79 Å². The van der Waals surface area contributed by atoms with Gasteiger partial charge < -0.3 is 20.1 Å². The van der Waals surface area contributed by atoms with Crippen LogP contribution in [0, 0.1) is 0 Å². The molecule has 25 heavy (non-hydrogen) atoms. The Morgan fingerprint density at radius 1 is 1.36 bits per heavy atom. The Kier molecular flexibility index (Phi) is 7.69. The number of methoxy groups -OCH3 is 1. The average Bonchev–Trinajstić information content (AvgIpc) is 2.54. The number of carboxylic acids is 1. The van der Waals surface area contributed by atoms with Crippen molar-refractivity contribution in [2.75, 3.05) is 26.8 Å². The van der Waals surface area contributed by atoms with Crippen molar-refractivity contribution in [2.24, 2.45) is 0 Å². The molecule has 1 aromatic carbocycles. The molecular weight excluding hydrogens is 341 g/mol. The van der Waals surface area contributed by atoms with Crippen LogP contribution in [-0.4, -0.2) is 48.8 Å². The summed E-state index contributed by atoms with van der Waals surface area (Å²) in [5.74, 6) is -1.06. The number of carbonyl (C=O) groups excluding carboxylic acids is 1. The van der Waals surface area contributed by atoms with Gasteiger partial charge >= 0.3 is 18.2 Å². The third-order valence-corrected chi connectivity index (χ3v) is 3.58. The van der Waals surface area contributed by atoms with E-state index in [2.05, 4.69) is 5.32 Å². The maximum atomic E-state index is 12.9. The van der Waals surface area contributed by atoms with Crippen molar-refractivity contribution in [2.45, 2.75) is 25.6 Å². The number of nitrogens with one attached hydrogen (secondary N) is 1. The van der Waals surface area contributed by atoms with Gasteiger partial charge in [-0.2, -0.15) is 13.2 Å². The lowest BCUT2D eigenvalue weighted by Crippen LogP contribution is -2.43. The van der Waals surface area contributed by atoms with Gasteiger partial charge in [0, 0.05) is 20.2 Å². The molecule has 0 bridgehead atoms. The highest BCUT2D eigenvalue weighted by atomic mass is 19.4. The number of urea groups is 1. The van der Waals surface area contributed by atoms with Crippen LogP contribution in [0.2, 0.25) is 0 Å². The minimum atomic E-state index is -4.48. The first kappa shape index (κ1) is 20.8. The normalized spacial score (nSPS) is 12.5. The van der Waals surface area contributed by atoms with E-state index in [4.69, 9.17) is 9.84 Å². The van der Waals surface area contributed by atoms with Crippen molar-refractivity contribution in [3.05, 3.63) is 35.4 Å². The summed E-state index contributed by atoms with van der Waals surface area (Å²) >= 11 is 0. The van der Waals surface area contributed by atoms with E-state index in [1.54, 1.807) is 6.92 Å². The lowest BCUT2D eigenvalue weighted by Gasteiger charge is -2.30. The fourth-order valence-corrected chi connectivity index (χ4v) is 2.19. The number of benzene rings is 1. The van der Waals surface area contributed by atoms with Crippen molar-refractivity contribution in [3.8, 4) is 0 Å². The average molecular weight is 362 g/mol. The minimum absolute atomic E-state index is 0.0764. The number of amides is 2. The van der Waals surface area contributed by atoms with Crippen LogP contribution in [0.1, 0.15) is 30.5 Å². The fourth-order valence-electron chi connectivity index (χ4n) is 2.19. The molecular formula is C16H21F3N2O4. The molecule has 0 radical (unpaired) electrons. The maximum absolute atomic E-state index is 12.9. The first-order valence-electron chi connectivity index (χ1n) is 7.59. The number of halogens is 3. The largest absolute Gasteiger partial charge is 0.481 e. The lowest BCUT2D eigenvalue weighted by molar-refractivity contribution is -0.138. The molecule has 0 aliphatic heterocycles. The van der Waals surface area contributed by atoms with Gasteiger partial charge in [-0.1, -0.05) is 12.1 Å². The van der Waals surface area contributed by atoms with Crippen LogP contribution >= 0.6 is 0 Å².